The van der Waals surface area contributed by atoms with Crippen LogP contribution in [0.4, 0.5) is 0 Å². The summed E-state index contributed by atoms with van der Waals surface area (Å²) in [5.74, 6) is -0.0435. The third-order valence-electron chi connectivity index (χ3n) is 4.55. The summed E-state index contributed by atoms with van der Waals surface area (Å²) < 4.78 is 26.4. The van der Waals surface area contributed by atoms with Crippen LogP contribution in [-0.2, 0) is 14.8 Å². The Morgan fingerprint density at radius 1 is 1.26 bits per heavy atom. The Morgan fingerprint density at radius 3 is 2.44 bits per heavy atom. The second-order valence-electron chi connectivity index (χ2n) is 6.71. The van der Waals surface area contributed by atoms with E-state index in [0.29, 0.717) is 31.5 Å². The monoisotopic (exact) mass is 417 g/mol. The molecule has 1 unspecified atom stereocenters. The minimum absolute atomic E-state index is 0. The van der Waals surface area contributed by atoms with Crippen molar-refractivity contribution in [3.05, 3.63) is 29.8 Å². The lowest BCUT2D eigenvalue weighted by Crippen LogP contribution is -2.51. The maximum absolute atomic E-state index is 12.6. The number of nitrogens with one attached hydrogen (secondary N) is 1. The van der Waals surface area contributed by atoms with Crippen LogP contribution in [0.1, 0.15) is 37.0 Å². The maximum Gasteiger partial charge on any atom is 0.242 e. The zero-order valence-corrected chi connectivity index (χ0v) is 17.6. The predicted molar refractivity (Wildman–Crippen MR) is 107 cm³/mol. The predicted octanol–water partition coefficient (Wildman–Crippen LogP) is 1.53. The van der Waals surface area contributed by atoms with E-state index in [1.807, 2.05) is 11.8 Å². The number of sulfonamides is 1. The summed E-state index contributed by atoms with van der Waals surface area (Å²) in [4.78, 5) is 25.5. The first-order chi connectivity index (χ1) is 12.2. The molecule has 0 aromatic heterocycles. The van der Waals surface area contributed by atoms with E-state index in [-0.39, 0.29) is 41.6 Å². The molecule has 1 aromatic carbocycles. The van der Waals surface area contributed by atoms with Crippen molar-refractivity contribution in [1.29, 1.82) is 0 Å². The lowest BCUT2D eigenvalue weighted by molar-refractivity contribution is -0.132. The van der Waals surface area contributed by atoms with Gasteiger partial charge in [0.05, 0.1) is 4.90 Å². The normalized spacial score (nSPS) is 17.5. The van der Waals surface area contributed by atoms with Gasteiger partial charge >= 0.3 is 0 Å². The highest BCUT2D eigenvalue weighted by Crippen LogP contribution is 2.16. The summed E-state index contributed by atoms with van der Waals surface area (Å²) in [5.41, 5.74) is 0.474. The molecule has 0 saturated carbocycles. The standard InChI is InChI=1S/C18H27N3O4S.ClH/c1-14-13-21(12-10-19-14)18(23)5-4-11-20(3)26(24,25)17-8-6-16(7-9-17)15(2)22;/h6-9,14,19H,4-5,10-13H2,1-3H3;1H. The molecule has 1 heterocycles. The van der Waals surface area contributed by atoms with Crippen LogP contribution in [0.15, 0.2) is 29.2 Å². The molecule has 0 radical (unpaired) electrons. The van der Waals surface area contributed by atoms with Crippen molar-refractivity contribution in [2.45, 2.75) is 37.6 Å². The van der Waals surface area contributed by atoms with Gasteiger partial charge in [0.2, 0.25) is 15.9 Å². The van der Waals surface area contributed by atoms with Gasteiger partial charge in [-0.05, 0) is 32.4 Å². The highest BCUT2D eigenvalue weighted by molar-refractivity contribution is 7.89. The zero-order valence-electron chi connectivity index (χ0n) is 16.0. The summed E-state index contributed by atoms with van der Waals surface area (Å²) in [6, 6.07) is 6.19. The van der Waals surface area contributed by atoms with Crippen molar-refractivity contribution >= 4 is 34.1 Å². The van der Waals surface area contributed by atoms with Crippen LogP contribution in [0.5, 0.6) is 0 Å². The van der Waals surface area contributed by atoms with E-state index < -0.39 is 10.0 Å². The number of halogens is 1. The van der Waals surface area contributed by atoms with Gasteiger partial charge in [0.25, 0.3) is 0 Å². The lowest BCUT2D eigenvalue weighted by Gasteiger charge is -2.32. The Balaban J connectivity index is 0.00000364. The number of piperazine rings is 1. The molecule has 1 aliphatic rings. The molecule has 1 amide bonds. The largest absolute Gasteiger partial charge is 0.340 e. The number of nitrogens with zero attached hydrogens (tertiary/aromatic N) is 2. The molecule has 1 aliphatic heterocycles. The van der Waals surface area contributed by atoms with Crippen molar-refractivity contribution in [1.82, 2.24) is 14.5 Å². The van der Waals surface area contributed by atoms with E-state index in [9.17, 15) is 18.0 Å². The highest BCUT2D eigenvalue weighted by Gasteiger charge is 2.23. The number of rotatable bonds is 7. The number of amides is 1. The molecule has 1 aromatic rings. The molecule has 9 heteroatoms. The van der Waals surface area contributed by atoms with E-state index in [1.54, 1.807) is 0 Å². The van der Waals surface area contributed by atoms with Crippen LogP contribution >= 0.6 is 12.4 Å². The maximum atomic E-state index is 12.6. The number of benzene rings is 1. The van der Waals surface area contributed by atoms with Crippen LogP contribution in [0.2, 0.25) is 0 Å². The summed E-state index contributed by atoms with van der Waals surface area (Å²) in [5, 5.41) is 3.29. The topological polar surface area (TPSA) is 86.8 Å². The summed E-state index contributed by atoms with van der Waals surface area (Å²) >= 11 is 0. The third-order valence-corrected chi connectivity index (χ3v) is 6.43. The first-order valence-electron chi connectivity index (χ1n) is 8.80. The fourth-order valence-electron chi connectivity index (χ4n) is 2.93. The van der Waals surface area contributed by atoms with E-state index in [4.69, 9.17) is 0 Å². The second kappa shape index (κ2) is 10.2. The second-order valence-corrected chi connectivity index (χ2v) is 8.75. The number of hydrogen-bond donors (Lipinski definition) is 1. The van der Waals surface area contributed by atoms with Gasteiger partial charge in [-0.3, -0.25) is 9.59 Å². The Kier molecular flexibility index (Phi) is 8.87. The van der Waals surface area contributed by atoms with Gasteiger partial charge in [0, 0.05) is 51.3 Å². The number of carbonyl (C=O) groups is 2. The molecule has 1 saturated heterocycles. The SMILES string of the molecule is CC(=O)c1ccc(S(=O)(=O)N(C)CCCC(=O)N2CCNC(C)C2)cc1.Cl. The van der Waals surface area contributed by atoms with Crippen LogP contribution in [0.25, 0.3) is 0 Å². The number of ketones is 1. The first-order valence-corrected chi connectivity index (χ1v) is 10.2. The van der Waals surface area contributed by atoms with Crippen LogP contribution in [-0.4, -0.2) is 68.6 Å². The molecule has 1 N–H and O–H groups in total. The third kappa shape index (κ3) is 6.27. The van der Waals surface area contributed by atoms with Gasteiger partial charge < -0.3 is 10.2 Å². The zero-order chi connectivity index (χ0) is 19.3. The Hall–Kier alpha value is -1.48. The van der Waals surface area contributed by atoms with Crippen molar-refractivity contribution < 1.29 is 18.0 Å². The van der Waals surface area contributed by atoms with Gasteiger partial charge in [0.1, 0.15) is 0 Å². The highest BCUT2D eigenvalue weighted by atomic mass is 35.5. The van der Waals surface area contributed by atoms with Gasteiger partial charge in [-0.25, -0.2) is 12.7 Å². The van der Waals surface area contributed by atoms with Crippen LogP contribution in [0, 0.1) is 0 Å². The first kappa shape index (κ1) is 23.6. The molecule has 1 atom stereocenters. The number of carbonyl (C=O) groups excluding carboxylic acids is 2. The summed E-state index contributed by atoms with van der Waals surface area (Å²) in [6.45, 7) is 5.92. The molecule has 1 fully saturated rings. The molecular formula is C18H28ClN3O4S. The average Bonchev–Trinajstić information content (AvgIpc) is 2.61. The van der Waals surface area contributed by atoms with Crippen molar-refractivity contribution in [2.75, 3.05) is 33.2 Å². The van der Waals surface area contributed by atoms with Gasteiger partial charge in [-0.15, -0.1) is 12.4 Å². The van der Waals surface area contributed by atoms with Crippen molar-refractivity contribution in [2.24, 2.45) is 0 Å². The fourth-order valence-corrected chi connectivity index (χ4v) is 4.14. The molecule has 0 aliphatic carbocycles. The van der Waals surface area contributed by atoms with E-state index in [0.717, 1.165) is 6.54 Å². The van der Waals surface area contributed by atoms with Crippen LogP contribution < -0.4 is 5.32 Å². The summed E-state index contributed by atoms with van der Waals surface area (Å²) in [7, 11) is -2.12. The van der Waals surface area contributed by atoms with Gasteiger partial charge in [-0.2, -0.15) is 0 Å². The fraction of sp³-hybridized carbons (Fsp3) is 0.556. The minimum atomic E-state index is -3.63. The minimum Gasteiger partial charge on any atom is -0.340 e. The summed E-state index contributed by atoms with van der Waals surface area (Å²) in [6.07, 6.45) is 0.800. The number of Topliss-reactive ketones (excluding diaryl/α,β-unsaturated/α-hetero) is 1. The average molecular weight is 418 g/mol. The molecule has 152 valence electrons. The Morgan fingerprint density at radius 2 is 1.89 bits per heavy atom. The van der Waals surface area contributed by atoms with Crippen LogP contribution in [0.3, 0.4) is 0 Å². The Labute approximate surface area is 167 Å². The quantitative estimate of drug-likeness (QED) is 0.680. The molecular weight excluding hydrogens is 390 g/mol. The molecule has 27 heavy (non-hydrogen) atoms. The smallest absolute Gasteiger partial charge is 0.242 e. The molecule has 0 bridgehead atoms. The van der Waals surface area contributed by atoms with E-state index in [1.165, 1.54) is 42.5 Å². The molecule has 0 spiro atoms. The van der Waals surface area contributed by atoms with Crippen molar-refractivity contribution in [3.8, 4) is 0 Å². The Bertz CT molecular complexity index is 752. The lowest BCUT2D eigenvalue weighted by atomic mass is 10.2. The van der Waals surface area contributed by atoms with E-state index in [2.05, 4.69) is 5.32 Å². The van der Waals surface area contributed by atoms with Crippen molar-refractivity contribution in [3.63, 3.8) is 0 Å². The molecule has 2 rings (SSSR count). The van der Waals surface area contributed by atoms with Gasteiger partial charge in [-0.1, -0.05) is 12.1 Å². The van der Waals surface area contributed by atoms with E-state index >= 15 is 0 Å². The van der Waals surface area contributed by atoms with Gasteiger partial charge in [0.15, 0.2) is 5.78 Å². The molecule has 7 nitrogen and oxygen atoms in total. The number of hydrogen-bond acceptors (Lipinski definition) is 5.